The molecule has 0 unspecified atom stereocenters. The van der Waals surface area contributed by atoms with Gasteiger partial charge >= 0.3 is 7.12 Å². The summed E-state index contributed by atoms with van der Waals surface area (Å²) >= 11 is 3.31. The molecule has 1 aliphatic rings. The number of amides is 1. The van der Waals surface area contributed by atoms with Crippen LogP contribution in [0, 0.1) is 0 Å². The van der Waals surface area contributed by atoms with Crippen molar-refractivity contribution in [2.24, 2.45) is 0 Å². The normalized spacial score (nSPS) is 19.4. The number of halogens is 1. The second kappa shape index (κ2) is 6.90. The van der Waals surface area contributed by atoms with Crippen molar-refractivity contribution < 1.29 is 19.2 Å². The highest BCUT2D eigenvalue weighted by Crippen LogP contribution is 2.39. The molecule has 0 bridgehead atoms. The van der Waals surface area contributed by atoms with Crippen LogP contribution in [-0.2, 0) is 14.1 Å². The second-order valence-electron chi connectivity index (χ2n) is 6.93. The maximum absolute atomic E-state index is 11.3. The number of hydrogen-bond donors (Lipinski definition) is 2. The number of phenols is 1. The first-order chi connectivity index (χ1) is 11.0. The summed E-state index contributed by atoms with van der Waals surface area (Å²) in [6.45, 7) is 9.74. The lowest BCUT2D eigenvalue weighted by molar-refractivity contribution is -0.118. The molecule has 1 aromatic rings. The van der Waals surface area contributed by atoms with E-state index in [4.69, 9.17) is 9.31 Å². The molecule has 0 spiro atoms. The summed E-state index contributed by atoms with van der Waals surface area (Å²) in [5.41, 5.74) is 0.765. The van der Waals surface area contributed by atoms with Gasteiger partial charge in [0.2, 0.25) is 5.91 Å². The van der Waals surface area contributed by atoms with Crippen LogP contribution in [0.25, 0.3) is 6.08 Å². The first-order valence-corrected chi connectivity index (χ1v) is 8.60. The van der Waals surface area contributed by atoms with Crippen LogP contribution in [0.4, 0.5) is 0 Å². The SMILES string of the molecule is CC(=O)NCC(=Cc1ccc(O)c(Br)c1)B1OC(C)(C)C(C)(C)O1. The van der Waals surface area contributed by atoms with E-state index >= 15 is 0 Å². The zero-order valence-electron chi connectivity index (χ0n) is 14.6. The largest absolute Gasteiger partial charge is 0.507 e. The van der Waals surface area contributed by atoms with Gasteiger partial charge in [0.15, 0.2) is 0 Å². The number of rotatable bonds is 4. The zero-order valence-corrected chi connectivity index (χ0v) is 16.2. The van der Waals surface area contributed by atoms with Gasteiger partial charge in [-0.25, -0.2) is 0 Å². The number of carbonyl (C=O) groups excluding carboxylic acids is 1. The minimum Gasteiger partial charge on any atom is -0.507 e. The Hall–Kier alpha value is -1.31. The van der Waals surface area contributed by atoms with Crippen molar-refractivity contribution in [3.8, 4) is 5.75 Å². The first-order valence-electron chi connectivity index (χ1n) is 7.81. The van der Waals surface area contributed by atoms with Crippen molar-refractivity contribution in [1.82, 2.24) is 5.32 Å². The van der Waals surface area contributed by atoms with E-state index in [0.29, 0.717) is 11.0 Å². The molecular weight excluding hydrogens is 373 g/mol. The highest BCUT2D eigenvalue weighted by atomic mass is 79.9. The molecule has 2 rings (SSSR count). The van der Waals surface area contributed by atoms with Gasteiger partial charge in [0, 0.05) is 13.5 Å². The molecule has 1 aliphatic heterocycles. The third kappa shape index (κ3) is 4.20. The standard InChI is InChI=1S/C17H23BBrNO4/c1-11(21)20-10-13(8-12-6-7-15(22)14(19)9-12)18-23-16(2,3)17(4,5)24-18/h6-9,22H,10H2,1-5H3,(H,20,21). The molecular formula is C17H23BBrNO4. The van der Waals surface area contributed by atoms with Crippen molar-refractivity contribution in [1.29, 1.82) is 0 Å². The number of aromatic hydroxyl groups is 1. The summed E-state index contributed by atoms with van der Waals surface area (Å²) in [6, 6.07) is 5.20. The fraction of sp³-hybridized carbons (Fsp3) is 0.471. The maximum atomic E-state index is 11.3. The van der Waals surface area contributed by atoms with Gasteiger partial charge < -0.3 is 19.7 Å². The average molecular weight is 396 g/mol. The van der Waals surface area contributed by atoms with E-state index in [1.165, 1.54) is 6.92 Å². The van der Waals surface area contributed by atoms with Gasteiger partial charge in [-0.2, -0.15) is 0 Å². The average Bonchev–Trinajstić information content (AvgIpc) is 2.67. The molecule has 7 heteroatoms. The number of phenolic OH excluding ortho intramolecular Hbond substituents is 1. The first kappa shape index (κ1) is 19.0. The van der Waals surface area contributed by atoms with Crippen molar-refractivity contribution in [2.45, 2.75) is 45.8 Å². The molecule has 0 atom stereocenters. The zero-order chi connectivity index (χ0) is 18.1. The van der Waals surface area contributed by atoms with Crippen LogP contribution in [0.15, 0.2) is 28.1 Å². The molecule has 1 heterocycles. The Bertz CT molecular complexity index is 657. The van der Waals surface area contributed by atoms with Gasteiger partial charge in [0.1, 0.15) is 5.75 Å². The van der Waals surface area contributed by atoms with Crippen LogP contribution < -0.4 is 5.32 Å². The lowest BCUT2D eigenvalue weighted by Gasteiger charge is -2.32. The molecule has 5 nitrogen and oxygen atoms in total. The van der Waals surface area contributed by atoms with Gasteiger partial charge in [-0.15, -0.1) is 0 Å². The molecule has 0 radical (unpaired) electrons. The number of carbonyl (C=O) groups is 1. The Morgan fingerprint density at radius 1 is 1.29 bits per heavy atom. The predicted octanol–water partition coefficient (Wildman–Crippen LogP) is 3.31. The summed E-state index contributed by atoms with van der Waals surface area (Å²) < 4.78 is 12.8. The van der Waals surface area contributed by atoms with E-state index in [9.17, 15) is 9.90 Å². The Morgan fingerprint density at radius 3 is 2.38 bits per heavy atom. The minimum atomic E-state index is -0.547. The Kier molecular flexibility index (Phi) is 5.47. The summed E-state index contributed by atoms with van der Waals surface area (Å²) in [4.78, 5) is 11.3. The summed E-state index contributed by atoms with van der Waals surface area (Å²) in [6.07, 6.45) is 1.91. The molecule has 0 aromatic heterocycles. The quantitative estimate of drug-likeness (QED) is 0.767. The fourth-order valence-electron chi connectivity index (χ4n) is 2.25. The van der Waals surface area contributed by atoms with Crippen LogP contribution in [-0.4, -0.2) is 35.9 Å². The number of nitrogens with one attached hydrogen (secondary N) is 1. The summed E-state index contributed by atoms with van der Waals surface area (Å²) in [7, 11) is -0.547. The molecule has 1 fully saturated rings. The monoisotopic (exact) mass is 395 g/mol. The van der Waals surface area contributed by atoms with Crippen LogP contribution in [0.2, 0.25) is 0 Å². The predicted molar refractivity (Wildman–Crippen MR) is 98.5 cm³/mol. The second-order valence-corrected chi connectivity index (χ2v) is 7.78. The van der Waals surface area contributed by atoms with Crippen molar-refractivity contribution in [3.63, 3.8) is 0 Å². The lowest BCUT2D eigenvalue weighted by Crippen LogP contribution is -2.41. The topological polar surface area (TPSA) is 67.8 Å². The van der Waals surface area contributed by atoms with Crippen LogP contribution in [0.1, 0.15) is 40.2 Å². The maximum Gasteiger partial charge on any atom is 0.492 e. The number of benzene rings is 1. The molecule has 2 N–H and O–H groups in total. The van der Waals surface area contributed by atoms with Gasteiger partial charge in [-0.05, 0) is 66.8 Å². The van der Waals surface area contributed by atoms with Crippen LogP contribution in [0.3, 0.4) is 0 Å². The summed E-state index contributed by atoms with van der Waals surface area (Å²) in [5, 5.41) is 12.4. The van der Waals surface area contributed by atoms with Crippen LogP contribution in [0.5, 0.6) is 5.75 Å². The van der Waals surface area contributed by atoms with Crippen molar-refractivity contribution >= 4 is 35.0 Å². The lowest BCUT2D eigenvalue weighted by atomic mass is 9.77. The molecule has 0 saturated carbocycles. The van der Waals surface area contributed by atoms with E-state index in [0.717, 1.165) is 11.0 Å². The van der Waals surface area contributed by atoms with Crippen molar-refractivity contribution in [2.75, 3.05) is 6.54 Å². The molecule has 24 heavy (non-hydrogen) atoms. The molecule has 130 valence electrons. The van der Waals surface area contributed by atoms with Gasteiger partial charge in [-0.3, -0.25) is 4.79 Å². The van der Waals surface area contributed by atoms with Crippen LogP contribution >= 0.6 is 15.9 Å². The highest BCUT2D eigenvalue weighted by Gasteiger charge is 2.52. The van der Waals surface area contributed by atoms with Gasteiger partial charge in [0.25, 0.3) is 0 Å². The smallest absolute Gasteiger partial charge is 0.492 e. The fourth-order valence-corrected chi connectivity index (χ4v) is 2.65. The van der Waals surface area contributed by atoms with E-state index in [1.54, 1.807) is 18.2 Å². The Labute approximate surface area is 151 Å². The third-order valence-electron chi connectivity index (χ3n) is 4.42. The Balaban J connectivity index is 2.33. The highest BCUT2D eigenvalue weighted by molar-refractivity contribution is 9.10. The van der Waals surface area contributed by atoms with Crippen molar-refractivity contribution in [3.05, 3.63) is 33.7 Å². The van der Waals surface area contributed by atoms with Gasteiger partial charge in [-0.1, -0.05) is 12.1 Å². The molecule has 1 amide bonds. The molecule has 1 aromatic carbocycles. The number of hydrogen-bond acceptors (Lipinski definition) is 4. The molecule has 0 aliphatic carbocycles. The summed E-state index contributed by atoms with van der Waals surface area (Å²) in [5.74, 6) is 0.0514. The molecule has 1 saturated heterocycles. The third-order valence-corrected chi connectivity index (χ3v) is 5.06. The van der Waals surface area contributed by atoms with Gasteiger partial charge in [0.05, 0.1) is 15.7 Å². The van der Waals surface area contributed by atoms with E-state index in [2.05, 4.69) is 21.2 Å². The van der Waals surface area contributed by atoms with E-state index < -0.39 is 18.3 Å². The van der Waals surface area contributed by atoms with E-state index in [1.807, 2.05) is 33.8 Å². The Morgan fingerprint density at radius 2 is 1.88 bits per heavy atom. The van der Waals surface area contributed by atoms with E-state index in [-0.39, 0.29) is 11.7 Å². The minimum absolute atomic E-state index is 0.121.